The third-order valence-corrected chi connectivity index (χ3v) is 1.82. The zero-order valence-electron chi connectivity index (χ0n) is 7.21. The highest BCUT2D eigenvalue weighted by atomic mass is 35.5. The summed E-state index contributed by atoms with van der Waals surface area (Å²) >= 11 is 5.50. The van der Waals surface area contributed by atoms with E-state index in [4.69, 9.17) is 11.6 Å². The van der Waals surface area contributed by atoms with E-state index in [1.165, 1.54) is 6.07 Å². The SMILES string of the molecule is COC(=O)c1c(F)cc(Cl)cc1C=O. The molecule has 0 atom stereocenters. The zero-order valence-corrected chi connectivity index (χ0v) is 7.97. The fraction of sp³-hybridized carbons (Fsp3) is 0.111. The van der Waals surface area contributed by atoms with Crippen molar-refractivity contribution in [2.45, 2.75) is 0 Å². The molecule has 0 spiro atoms. The number of hydrogen-bond acceptors (Lipinski definition) is 3. The van der Waals surface area contributed by atoms with Crippen molar-refractivity contribution in [1.82, 2.24) is 0 Å². The predicted molar refractivity (Wildman–Crippen MR) is 48.1 cm³/mol. The maximum Gasteiger partial charge on any atom is 0.341 e. The summed E-state index contributed by atoms with van der Waals surface area (Å²) in [5.74, 6) is -1.77. The van der Waals surface area contributed by atoms with Gasteiger partial charge < -0.3 is 4.74 Å². The largest absolute Gasteiger partial charge is 0.465 e. The van der Waals surface area contributed by atoms with Gasteiger partial charge in [-0.05, 0) is 12.1 Å². The number of carbonyl (C=O) groups excluding carboxylic acids is 2. The average Bonchev–Trinajstić information content (AvgIpc) is 2.15. The van der Waals surface area contributed by atoms with Gasteiger partial charge in [-0.2, -0.15) is 0 Å². The van der Waals surface area contributed by atoms with Gasteiger partial charge in [0, 0.05) is 10.6 Å². The lowest BCUT2D eigenvalue weighted by Crippen LogP contribution is -2.08. The van der Waals surface area contributed by atoms with Gasteiger partial charge in [-0.15, -0.1) is 0 Å². The Morgan fingerprint density at radius 1 is 1.57 bits per heavy atom. The standard InChI is InChI=1S/C9H6ClFO3/c1-14-9(13)8-5(4-12)2-6(10)3-7(8)11/h2-4H,1H3. The Kier molecular flexibility index (Phi) is 3.19. The molecule has 0 heterocycles. The van der Waals surface area contributed by atoms with Gasteiger partial charge in [-0.3, -0.25) is 4.79 Å². The number of carbonyl (C=O) groups is 2. The van der Waals surface area contributed by atoms with Crippen LogP contribution >= 0.6 is 11.6 Å². The maximum absolute atomic E-state index is 13.2. The van der Waals surface area contributed by atoms with Crippen molar-refractivity contribution in [3.63, 3.8) is 0 Å². The van der Waals surface area contributed by atoms with E-state index in [-0.39, 0.29) is 10.6 Å². The second-order valence-corrected chi connectivity index (χ2v) is 2.90. The van der Waals surface area contributed by atoms with E-state index >= 15 is 0 Å². The van der Waals surface area contributed by atoms with Gasteiger partial charge in [-0.25, -0.2) is 9.18 Å². The third-order valence-electron chi connectivity index (χ3n) is 1.60. The molecule has 14 heavy (non-hydrogen) atoms. The molecule has 0 unspecified atom stereocenters. The molecule has 1 aromatic carbocycles. The highest BCUT2D eigenvalue weighted by Crippen LogP contribution is 2.19. The first-order chi connectivity index (χ1) is 6.60. The summed E-state index contributed by atoms with van der Waals surface area (Å²) < 4.78 is 17.5. The normalized spacial score (nSPS) is 9.64. The molecule has 0 amide bonds. The van der Waals surface area contributed by atoms with Gasteiger partial charge in [0.15, 0.2) is 6.29 Å². The van der Waals surface area contributed by atoms with E-state index in [1.54, 1.807) is 0 Å². The molecule has 74 valence electrons. The summed E-state index contributed by atoms with van der Waals surface area (Å²) in [5, 5.41) is 0.0530. The molecule has 0 aliphatic carbocycles. The van der Waals surface area contributed by atoms with E-state index in [1.807, 2.05) is 0 Å². The molecule has 0 saturated heterocycles. The third kappa shape index (κ3) is 1.90. The molecule has 0 aromatic heterocycles. The zero-order chi connectivity index (χ0) is 10.7. The van der Waals surface area contributed by atoms with Crippen molar-refractivity contribution in [2.24, 2.45) is 0 Å². The van der Waals surface area contributed by atoms with Crippen LogP contribution in [0.4, 0.5) is 4.39 Å². The smallest absolute Gasteiger partial charge is 0.341 e. The molecule has 1 aromatic rings. The molecular formula is C9H6ClFO3. The molecule has 0 saturated carbocycles. The minimum atomic E-state index is -0.902. The number of halogens is 2. The van der Waals surface area contributed by atoms with Crippen LogP contribution in [-0.2, 0) is 4.74 Å². The molecule has 0 N–H and O–H groups in total. The summed E-state index contributed by atoms with van der Waals surface area (Å²) in [6.07, 6.45) is 0.348. The van der Waals surface area contributed by atoms with E-state index in [9.17, 15) is 14.0 Å². The molecule has 0 radical (unpaired) electrons. The fourth-order valence-electron chi connectivity index (χ4n) is 1.00. The topological polar surface area (TPSA) is 43.4 Å². The van der Waals surface area contributed by atoms with Gasteiger partial charge in [0.2, 0.25) is 0 Å². The molecule has 1 rings (SSSR count). The first kappa shape index (κ1) is 10.7. The van der Waals surface area contributed by atoms with Crippen LogP contribution in [0.15, 0.2) is 12.1 Å². The predicted octanol–water partition coefficient (Wildman–Crippen LogP) is 2.08. The molecule has 0 bridgehead atoms. The van der Waals surface area contributed by atoms with Crippen LogP contribution < -0.4 is 0 Å². The number of aldehydes is 1. The second kappa shape index (κ2) is 4.19. The summed E-state index contributed by atoms with van der Waals surface area (Å²) in [6.45, 7) is 0. The van der Waals surface area contributed by atoms with Crippen molar-refractivity contribution < 1.29 is 18.7 Å². The molecule has 0 aliphatic heterocycles. The minimum absolute atomic E-state index is 0.0530. The van der Waals surface area contributed by atoms with Crippen LogP contribution in [0.2, 0.25) is 5.02 Å². The highest BCUT2D eigenvalue weighted by molar-refractivity contribution is 6.31. The van der Waals surface area contributed by atoms with Gasteiger partial charge >= 0.3 is 5.97 Å². The average molecular weight is 217 g/mol. The van der Waals surface area contributed by atoms with Crippen LogP contribution in [0, 0.1) is 5.82 Å². The summed E-state index contributed by atoms with van der Waals surface area (Å²) in [6, 6.07) is 2.14. The van der Waals surface area contributed by atoms with E-state index in [0.717, 1.165) is 13.2 Å². The maximum atomic E-state index is 13.2. The Bertz CT molecular complexity index is 390. The molecular weight excluding hydrogens is 211 g/mol. The number of methoxy groups -OCH3 is 1. The minimum Gasteiger partial charge on any atom is -0.465 e. The lowest BCUT2D eigenvalue weighted by molar-refractivity contribution is 0.0593. The Morgan fingerprint density at radius 3 is 2.71 bits per heavy atom. The van der Waals surface area contributed by atoms with Crippen LogP contribution in [0.5, 0.6) is 0 Å². The van der Waals surface area contributed by atoms with E-state index in [2.05, 4.69) is 4.74 Å². The number of hydrogen-bond donors (Lipinski definition) is 0. The van der Waals surface area contributed by atoms with Crippen LogP contribution in [0.1, 0.15) is 20.7 Å². The Morgan fingerprint density at radius 2 is 2.21 bits per heavy atom. The van der Waals surface area contributed by atoms with Gasteiger partial charge in [0.25, 0.3) is 0 Å². The Hall–Kier alpha value is -1.42. The van der Waals surface area contributed by atoms with Gasteiger partial charge in [0.1, 0.15) is 11.4 Å². The summed E-state index contributed by atoms with van der Waals surface area (Å²) in [4.78, 5) is 21.6. The number of ether oxygens (including phenoxy) is 1. The van der Waals surface area contributed by atoms with Gasteiger partial charge in [-0.1, -0.05) is 11.6 Å². The van der Waals surface area contributed by atoms with Crippen LogP contribution in [-0.4, -0.2) is 19.4 Å². The fourth-order valence-corrected chi connectivity index (χ4v) is 1.22. The monoisotopic (exact) mass is 216 g/mol. The van der Waals surface area contributed by atoms with Gasteiger partial charge in [0.05, 0.1) is 7.11 Å². The van der Waals surface area contributed by atoms with Crippen LogP contribution in [0.25, 0.3) is 0 Å². The van der Waals surface area contributed by atoms with Crippen molar-refractivity contribution in [3.8, 4) is 0 Å². The Labute approximate surface area is 84.4 Å². The molecule has 0 fully saturated rings. The van der Waals surface area contributed by atoms with Crippen molar-refractivity contribution in [1.29, 1.82) is 0 Å². The quantitative estimate of drug-likeness (QED) is 0.562. The lowest BCUT2D eigenvalue weighted by Gasteiger charge is -2.04. The Balaban J connectivity index is 3.39. The molecule has 0 aliphatic rings. The number of esters is 1. The first-order valence-corrected chi connectivity index (χ1v) is 4.00. The number of benzene rings is 1. The lowest BCUT2D eigenvalue weighted by atomic mass is 10.1. The van der Waals surface area contributed by atoms with Crippen LogP contribution in [0.3, 0.4) is 0 Å². The summed E-state index contributed by atoms with van der Waals surface area (Å²) in [7, 11) is 1.10. The highest BCUT2D eigenvalue weighted by Gasteiger charge is 2.17. The first-order valence-electron chi connectivity index (χ1n) is 3.62. The summed E-state index contributed by atoms with van der Waals surface area (Å²) in [5.41, 5.74) is -0.520. The van der Waals surface area contributed by atoms with Crippen molar-refractivity contribution in [3.05, 3.63) is 34.1 Å². The van der Waals surface area contributed by atoms with Crippen molar-refractivity contribution in [2.75, 3.05) is 7.11 Å². The van der Waals surface area contributed by atoms with E-state index < -0.39 is 17.3 Å². The van der Waals surface area contributed by atoms with E-state index in [0.29, 0.717) is 6.29 Å². The molecule has 5 heteroatoms. The van der Waals surface area contributed by atoms with Crippen molar-refractivity contribution >= 4 is 23.9 Å². The second-order valence-electron chi connectivity index (χ2n) is 2.46. The number of rotatable bonds is 2. The molecule has 3 nitrogen and oxygen atoms in total.